The average Bonchev–Trinajstić information content (AvgIpc) is 3.12. The molecule has 1 aliphatic rings. The van der Waals surface area contributed by atoms with E-state index >= 15 is 0 Å². The van der Waals surface area contributed by atoms with Crippen molar-refractivity contribution in [2.45, 2.75) is 25.8 Å². The molecule has 1 saturated carbocycles. The summed E-state index contributed by atoms with van der Waals surface area (Å²) in [5.74, 6) is -0.0395. The van der Waals surface area contributed by atoms with Crippen LogP contribution < -0.4 is 10.6 Å². The van der Waals surface area contributed by atoms with Gasteiger partial charge >= 0.3 is 0 Å². The quantitative estimate of drug-likeness (QED) is 0.789. The van der Waals surface area contributed by atoms with E-state index in [4.69, 9.17) is 11.6 Å². The van der Waals surface area contributed by atoms with Crippen molar-refractivity contribution in [3.63, 3.8) is 0 Å². The van der Waals surface area contributed by atoms with E-state index in [-0.39, 0.29) is 5.91 Å². The van der Waals surface area contributed by atoms with Crippen LogP contribution in [-0.2, 0) is 0 Å². The minimum Gasteiger partial charge on any atom is -0.351 e. The molecule has 2 rings (SSSR count). The molecule has 3 nitrogen and oxygen atoms in total. The minimum absolute atomic E-state index is 0.0395. The van der Waals surface area contributed by atoms with Crippen LogP contribution in [0.25, 0.3) is 0 Å². The van der Waals surface area contributed by atoms with E-state index < -0.39 is 0 Å². The highest BCUT2D eigenvalue weighted by atomic mass is 35.5. The molecule has 1 amide bonds. The van der Waals surface area contributed by atoms with E-state index in [9.17, 15) is 4.79 Å². The highest BCUT2D eigenvalue weighted by Crippen LogP contribution is 2.18. The van der Waals surface area contributed by atoms with Gasteiger partial charge in [0, 0.05) is 29.7 Å². The molecule has 0 bridgehead atoms. The fourth-order valence-electron chi connectivity index (χ4n) is 1.63. The van der Waals surface area contributed by atoms with Crippen molar-refractivity contribution in [1.29, 1.82) is 0 Å². The lowest BCUT2D eigenvalue weighted by atomic mass is 10.1. The SMILES string of the molecule is Cc1cc(C(=O)NCCNC2CC2)ccc1Cl. The van der Waals surface area contributed by atoms with Gasteiger partial charge in [-0.25, -0.2) is 0 Å². The van der Waals surface area contributed by atoms with E-state index in [0.717, 1.165) is 12.1 Å². The van der Waals surface area contributed by atoms with Crippen LogP contribution in [0.3, 0.4) is 0 Å². The molecule has 0 saturated heterocycles. The molecule has 2 N–H and O–H groups in total. The van der Waals surface area contributed by atoms with E-state index in [1.807, 2.05) is 13.0 Å². The Morgan fingerprint density at radius 3 is 2.82 bits per heavy atom. The number of hydrogen-bond acceptors (Lipinski definition) is 2. The Morgan fingerprint density at radius 1 is 1.41 bits per heavy atom. The van der Waals surface area contributed by atoms with Gasteiger partial charge in [0.05, 0.1) is 0 Å². The molecule has 0 aromatic heterocycles. The molecule has 0 unspecified atom stereocenters. The fourth-order valence-corrected chi connectivity index (χ4v) is 1.75. The van der Waals surface area contributed by atoms with Crippen molar-refractivity contribution < 1.29 is 4.79 Å². The van der Waals surface area contributed by atoms with Gasteiger partial charge < -0.3 is 10.6 Å². The molecule has 1 aromatic carbocycles. The summed E-state index contributed by atoms with van der Waals surface area (Å²) in [6, 6.07) is 6.00. The average molecular weight is 253 g/mol. The van der Waals surface area contributed by atoms with Crippen LogP contribution >= 0.6 is 11.6 Å². The van der Waals surface area contributed by atoms with Crippen LogP contribution in [0.4, 0.5) is 0 Å². The third kappa shape index (κ3) is 3.72. The summed E-state index contributed by atoms with van der Waals surface area (Å²) >= 11 is 5.91. The van der Waals surface area contributed by atoms with Crippen molar-refractivity contribution in [3.05, 3.63) is 34.3 Å². The summed E-state index contributed by atoms with van der Waals surface area (Å²) in [5.41, 5.74) is 1.59. The number of benzene rings is 1. The second-order valence-electron chi connectivity index (χ2n) is 4.45. The zero-order valence-electron chi connectivity index (χ0n) is 9.92. The van der Waals surface area contributed by atoms with E-state index in [1.54, 1.807) is 12.1 Å². The zero-order chi connectivity index (χ0) is 12.3. The second-order valence-corrected chi connectivity index (χ2v) is 4.86. The van der Waals surface area contributed by atoms with Crippen molar-refractivity contribution in [1.82, 2.24) is 10.6 Å². The molecule has 1 aromatic rings. The van der Waals surface area contributed by atoms with Gasteiger partial charge in [-0.15, -0.1) is 0 Å². The number of rotatable bonds is 5. The normalized spacial score (nSPS) is 14.7. The van der Waals surface area contributed by atoms with E-state index in [2.05, 4.69) is 10.6 Å². The minimum atomic E-state index is -0.0395. The van der Waals surface area contributed by atoms with E-state index in [1.165, 1.54) is 12.8 Å². The van der Waals surface area contributed by atoms with Crippen molar-refractivity contribution in [2.24, 2.45) is 0 Å². The highest BCUT2D eigenvalue weighted by molar-refractivity contribution is 6.31. The molecule has 1 fully saturated rings. The largest absolute Gasteiger partial charge is 0.351 e. The molecule has 92 valence electrons. The number of halogens is 1. The Bertz CT molecular complexity index is 416. The van der Waals surface area contributed by atoms with Gasteiger partial charge in [-0.05, 0) is 43.5 Å². The van der Waals surface area contributed by atoms with Crippen LogP contribution in [0.1, 0.15) is 28.8 Å². The third-order valence-electron chi connectivity index (χ3n) is 2.84. The second kappa shape index (κ2) is 5.52. The summed E-state index contributed by atoms with van der Waals surface area (Å²) in [6.07, 6.45) is 2.54. The van der Waals surface area contributed by atoms with Crippen molar-refractivity contribution in [2.75, 3.05) is 13.1 Å². The first kappa shape index (κ1) is 12.4. The Hall–Kier alpha value is -1.06. The number of carbonyl (C=O) groups excluding carboxylic acids is 1. The molecule has 0 radical (unpaired) electrons. The molecule has 0 spiro atoms. The van der Waals surface area contributed by atoms with Crippen LogP contribution in [0.15, 0.2) is 18.2 Å². The number of aryl methyl sites for hydroxylation is 1. The number of carbonyl (C=O) groups is 1. The number of hydrogen-bond donors (Lipinski definition) is 2. The summed E-state index contributed by atoms with van der Waals surface area (Å²) in [7, 11) is 0. The van der Waals surface area contributed by atoms with Gasteiger partial charge in [0.25, 0.3) is 5.91 Å². The first-order valence-electron chi connectivity index (χ1n) is 5.94. The maximum Gasteiger partial charge on any atom is 0.251 e. The Labute approximate surface area is 107 Å². The van der Waals surface area contributed by atoms with E-state index in [0.29, 0.717) is 23.2 Å². The van der Waals surface area contributed by atoms with Gasteiger partial charge in [-0.2, -0.15) is 0 Å². The van der Waals surface area contributed by atoms with Crippen LogP contribution in [0, 0.1) is 6.92 Å². The maximum absolute atomic E-state index is 11.8. The third-order valence-corrected chi connectivity index (χ3v) is 3.27. The first-order chi connectivity index (χ1) is 8.16. The molecule has 17 heavy (non-hydrogen) atoms. The van der Waals surface area contributed by atoms with Gasteiger partial charge in [0.15, 0.2) is 0 Å². The van der Waals surface area contributed by atoms with Crippen molar-refractivity contribution in [3.8, 4) is 0 Å². The van der Waals surface area contributed by atoms with Gasteiger partial charge in [0.2, 0.25) is 0 Å². The molecule has 0 aliphatic heterocycles. The summed E-state index contributed by atoms with van der Waals surface area (Å²) in [5, 5.41) is 6.92. The van der Waals surface area contributed by atoms with Gasteiger partial charge in [-0.1, -0.05) is 11.6 Å². The lowest BCUT2D eigenvalue weighted by molar-refractivity contribution is 0.0954. The van der Waals surface area contributed by atoms with Crippen LogP contribution in [-0.4, -0.2) is 25.0 Å². The lowest BCUT2D eigenvalue weighted by Crippen LogP contribution is -2.32. The molecule has 1 aliphatic carbocycles. The first-order valence-corrected chi connectivity index (χ1v) is 6.32. The summed E-state index contributed by atoms with van der Waals surface area (Å²) < 4.78 is 0. The zero-order valence-corrected chi connectivity index (χ0v) is 10.7. The number of amides is 1. The van der Waals surface area contributed by atoms with Crippen LogP contribution in [0.2, 0.25) is 5.02 Å². The molecule has 0 heterocycles. The summed E-state index contributed by atoms with van der Waals surface area (Å²) in [6.45, 7) is 3.40. The van der Waals surface area contributed by atoms with Gasteiger partial charge in [0.1, 0.15) is 0 Å². The van der Waals surface area contributed by atoms with Crippen molar-refractivity contribution >= 4 is 17.5 Å². The highest BCUT2D eigenvalue weighted by Gasteiger charge is 2.19. The lowest BCUT2D eigenvalue weighted by Gasteiger charge is -2.07. The Kier molecular flexibility index (Phi) is 4.02. The molecule has 0 atom stereocenters. The fraction of sp³-hybridized carbons (Fsp3) is 0.462. The predicted molar refractivity (Wildman–Crippen MR) is 69.5 cm³/mol. The topological polar surface area (TPSA) is 41.1 Å². The van der Waals surface area contributed by atoms with Gasteiger partial charge in [-0.3, -0.25) is 4.79 Å². The predicted octanol–water partition coefficient (Wildman–Crippen LogP) is 2.13. The molecular weight excluding hydrogens is 236 g/mol. The standard InChI is InChI=1S/C13H17ClN2O/c1-9-8-10(2-5-12(9)14)13(17)16-7-6-15-11-3-4-11/h2,5,8,11,15H,3-4,6-7H2,1H3,(H,16,17). The maximum atomic E-state index is 11.8. The monoisotopic (exact) mass is 252 g/mol. The molecular formula is C13H17ClN2O. The smallest absolute Gasteiger partial charge is 0.251 e. The Morgan fingerprint density at radius 2 is 2.18 bits per heavy atom. The molecule has 4 heteroatoms. The summed E-state index contributed by atoms with van der Waals surface area (Å²) in [4.78, 5) is 11.8. The Balaban J connectivity index is 1.79. The number of nitrogens with one attached hydrogen (secondary N) is 2. The van der Waals surface area contributed by atoms with Crippen LogP contribution in [0.5, 0.6) is 0 Å².